The van der Waals surface area contributed by atoms with Crippen LogP contribution in [0.3, 0.4) is 0 Å². The fourth-order valence-electron chi connectivity index (χ4n) is 5.53. The van der Waals surface area contributed by atoms with Crippen molar-refractivity contribution >= 4 is 29.3 Å². The van der Waals surface area contributed by atoms with Crippen LogP contribution in [-0.2, 0) is 9.59 Å². The quantitative estimate of drug-likeness (QED) is 0.680. The van der Waals surface area contributed by atoms with Gasteiger partial charge in [0.1, 0.15) is 5.75 Å². The molecule has 0 aromatic heterocycles. The number of rotatable bonds is 5. The summed E-state index contributed by atoms with van der Waals surface area (Å²) in [6.07, 6.45) is 8.55. The van der Waals surface area contributed by atoms with Crippen molar-refractivity contribution in [1.82, 2.24) is 15.1 Å². The van der Waals surface area contributed by atoms with Gasteiger partial charge in [-0.15, -0.1) is 0 Å². The average Bonchev–Trinajstić information content (AvgIpc) is 2.89. The largest absolute Gasteiger partial charge is 0.496 e. The van der Waals surface area contributed by atoms with Gasteiger partial charge in [-0.3, -0.25) is 14.4 Å². The van der Waals surface area contributed by atoms with Gasteiger partial charge in [0.2, 0.25) is 11.8 Å². The molecule has 34 heavy (non-hydrogen) atoms. The minimum Gasteiger partial charge on any atom is -0.496 e. The summed E-state index contributed by atoms with van der Waals surface area (Å²) in [5.74, 6) is 0.894. The first kappa shape index (κ1) is 24.8. The monoisotopic (exact) mass is 489 g/mol. The lowest BCUT2D eigenvalue weighted by Gasteiger charge is -2.36. The molecule has 1 saturated carbocycles. The normalized spacial score (nSPS) is 20.8. The van der Waals surface area contributed by atoms with Crippen molar-refractivity contribution < 1.29 is 19.1 Å². The van der Waals surface area contributed by atoms with E-state index in [4.69, 9.17) is 16.3 Å². The van der Waals surface area contributed by atoms with E-state index in [0.29, 0.717) is 48.2 Å². The number of hydrogen-bond donors (Lipinski definition) is 1. The maximum Gasteiger partial charge on any atom is 0.257 e. The first-order chi connectivity index (χ1) is 16.5. The Hall–Kier alpha value is -2.28. The van der Waals surface area contributed by atoms with E-state index < -0.39 is 0 Å². The number of hydrogen-bond acceptors (Lipinski definition) is 4. The molecule has 0 bridgehead atoms. The van der Waals surface area contributed by atoms with Crippen molar-refractivity contribution in [3.05, 3.63) is 28.8 Å². The molecule has 0 unspecified atom stereocenters. The average molecular weight is 490 g/mol. The second-order valence-corrected chi connectivity index (χ2v) is 10.3. The van der Waals surface area contributed by atoms with E-state index in [0.717, 1.165) is 38.8 Å². The summed E-state index contributed by atoms with van der Waals surface area (Å²) < 4.78 is 5.32. The smallest absolute Gasteiger partial charge is 0.257 e. The van der Waals surface area contributed by atoms with Gasteiger partial charge in [0.05, 0.1) is 12.7 Å². The van der Waals surface area contributed by atoms with E-state index in [1.54, 1.807) is 23.1 Å². The molecule has 1 aliphatic carbocycles. The lowest BCUT2D eigenvalue weighted by Crippen LogP contribution is -2.50. The van der Waals surface area contributed by atoms with Crippen molar-refractivity contribution in [2.45, 2.75) is 63.8 Å². The van der Waals surface area contributed by atoms with Crippen LogP contribution in [0.25, 0.3) is 0 Å². The molecule has 3 fully saturated rings. The molecule has 1 aromatic rings. The molecule has 3 aliphatic rings. The standard InChI is InChI=1S/C26H36ClN3O4/c1-34-23-8-7-20(27)17-22(23)26(33)30-13-9-18(10-14-30)24(31)28-21-11-15-29(16-12-21)25(32)19-5-3-2-4-6-19/h7-8,17-19,21H,2-6,9-16H2,1H3,(H,28,31). The second-order valence-electron chi connectivity index (χ2n) is 9.85. The van der Waals surface area contributed by atoms with Crippen LogP contribution in [0.2, 0.25) is 5.02 Å². The second kappa shape index (κ2) is 11.4. The van der Waals surface area contributed by atoms with Crippen LogP contribution in [0.15, 0.2) is 18.2 Å². The third-order valence-corrected chi connectivity index (χ3v) is 7.89. The zero-order valence-corrected chi connectivity index (χ0v) is 20.8. The maximum absolute atomic E-state index is 13.0. The molecule has 0 atom stereocenters. The molecule has 186 valence electrons. The van der Waals surface area contributed by atoms with Crippen LogP contribution in [-0.4, -0.2) is 66.9 Å². The Kier molecular flexibility index (Phi) is 8.35. The van der Waals surface area contributed by atoms with Crippen LogP contribution < -0.4 is 10.1 Å². The molecule has 8 heteroatoms. The van der Waals surface area contributed by atoms with E-state index >= 15 is 0 Å². The Morgan fingerprint density at radius 1 is 0.882 bits per heavy atom. The molecule has 0 radical (unpaired) electrons. The molecule has 4 rings (SSSR count). The van der Waals surface area contributed by atoms with E-state index in [-0.39, 0.29) is 29.7 Å². The topological polar surface area (TPSA) is 79.0 Å². The lowest BCUT2D eigenvalue weighted by molar-refractivity contribution is -0.137. The van der Waals surface area contributed by atoms with Gasteiger partial charge in [0, 0.05) is 49.1 Å². The Balaban J connectivity index is 1.22. The van der Waals surface area contributed by atoms with Crippen LogP contribution in [0, 0.1) is 11.8 Å². The van der Waals surface area contributed by atoms with E-state index in [9.17, 15) is 14.4 Å². The summed E-state index contributed by atoms with van der Waals surface area (Å²) in [6, 6.07) is 5.15. The third-order valence-electron chi connectivity index (χ3n) is 7.65. The van der Waals surface area contributed by atoms with Crippen LogP contribution in [0.1, 0.15) is 68.1 Å². The number of piperidine rings is 2. The summed E-state index contributed by atoms with van der Waals surface area (Å²) in [4.78, 5) is 42.4. The molecule has 3 amide bonds. The number of likely N-dealkylation sites (tertiary alicyclic amines) is 2. The number of nitrogens with one attached hydrogen (secondary N) is 1. The zero-order valence-electron chi connectivity index (χ0n) is 20.1. The van der Waals surface area contributed by atoms with Crippen LogP contribution in [0.5, 0.6) is 5.75 Å². The number of carbonyl (C=O) groups excluding carboxylic acids is 3. The van der Waals surface area contributed by atoms with Crippen molar-refractivity contribution in [2.75, 3.05) is 33.3 Å². The molecule has 1 aromatic carbocycles. The summed E-state index contributed by atoms with van der Waals surface area (Å²) in [5, 5.41) is 3.70. The lowest BCUT2D eigenvalue weighted by atomic mass is 9.87. The van der Waals surface area contributed by atoms with Gasteiger partial charge in [-0.25, -0.2) is 0 Å². The van der Waals surface area contributed by atoms with Crippen molar-refractivity contribution in [2.24, 2.45) is 11.8 Å². The SMILES string of the molecule is COc1ccc(Cl)cc1C(=O)N1CCC(C(=O)NC2CCN(C(=O)C3CCCCC3)CC2)CC1. The zero-order chi connectivity index (χ0) is 24.1. The van der Waals surface area contributed by atoms with Crippen molar-refractivity contribution in [3.63, 3.8) is 0 Å². The van der Waals surface area contributed by atoms with Crippen molar-refractivity contribution in [1.29, 1.82) is 0 Å². The highest BCUT2D eigenvalue weighted by atomic mass is 35.5. The highest BCUT2D eigenvalue weighted by Crippen LogP contribution is 2.28. The fourth-order valence-corrected chi connectivity index (χ4v) is 5.71. The molecule has 2 aliphatic heterocycles. The van der Waals surface area contributed by atoms with Gasteiger partial charge < -0.3 is 19.9 Å². The Morgan fingerprint density at radius 2 is 1.53 bits per heavy atom. The van der Waals surface area contributed by atoms with Gasteiger partial charge in [-0.1, -0.05) is 30.9 Å². The summed E-state index contributed by atoms with van der Waals surface area (Å²) >= 11 is 6.08. The predicted octanol–water partition coefficient (Wildman–Crippen LogP) is 3.89. The minimum atomic E-state index is -0.117. The van der Waals surface area contributed by atoms with Crippen LogP contribution >= 0.6 is 11.6 Å². The number of benzene rings is 1. The number of ether oxygens (including phenoxy) is 1. The number of carbonyl (C=O) groups is 3. The fraction of sp³-hybridized carbons (Fsp3) is 0.654. The molecule has 7 nitrogen and oxygen atoms in total. The van der Waals surface area contributed by atoms with Crippen molar-refractivity contribution in [3.8, 4) is 5.75 Å². The number of halogens is 1. The minimum absolute atomic E-state index is 0.0736. The van der Waals surface area contributed by atoms with Gasteiger partial charge in [-0.2, -0.15) is 0 Å². The predicted molar refractivity (Wildman–Crippen MR) is 131 cm³/mol. The Bertz CT molecular complexity index is 886. The highest BCUT2D eigenvalue weighted by Gasteiger charge is 2.32. The first-order valence-electron chi connectivity index (χ1n) is 12.7. The number of methoxy groups -OCH3 is 1. The summed E-state index contributed by atoms with van der Waals surface area (Å²) in [5.41, 5.74) is 0.451. The molecular weight excluding hydrogens is 454 g/mol. The van der Waals surface area contributed by atoms with Gasteiger partial charge in [0.25, 0.3) is 5.91 Å². The molecule has 0 spiro atoms. The molecule has 1 N–H and O–H groups in total. The van der Waals surface area contributed by atoms with Gasteiger partial charge >= 0.3 is 0 Å². The summed E-state index contributed by atoms with van der Waals surface area (Å²) in [6.45, 7) is 2.52. The first-order valence-corrected chi connectivity index (χ1v) is 13.1. The summed E-state index contributed by atoms with van der Waals surface area (Å²) in [7, 11) is 1.53. The molecular formula is C26H36ClN3O4. The number of nitrogens with zero attached hydrogens (tertiary/aromatic N) is 2. The van der Waals surface area contributed by atoms with Gasteiger partial charge in [-0.05, 0) is 56.7 Å². The van der Waals surface area contributed by atoms with Gasteiger partial charge in [0.15, 0.2) is 0 Å². The van der Waals surface area contributed by atoms with E-state index in [1.165, 1.54) is 26.4 Å². The third kappa shape index (κ3) is 5.85. The highest BCUT2D eigenvalue weighted by molar-refractivity contribution is 6.31. The maximum atomic E-state index is 13.0. The van der Waals surface area contributed by atoms with E-state index in [2.05, 4.69) is 5.32 Å². The van der Waals surface area contributed by atoms with Crippen LogP contribution in [0.4, 0.5) is 0 Å². The molecule has 2 saturated heterocycles. The van der Waals surface area contributed by atoms with E-state index in [1.807, 2.05) is 4.90 Å². The number of amides is 3. The Morgan fingerprint density at radius 3 is 2.18 bits per heavy atom. The Labute approximate surface area is 207 Å². The molecule has 2 heterocycles.